The molecule has 1 aromatic heterocycles. The third-order valence-corrected chi connectivity index (χ3v) is 5.37. The summed E-state index contributed by atoms with van der Waals surface area (Å²) in [4.78, 5) is 35.7. The van der Waals surface area contributed by atoms with E-state index in [2.05, 4.69) is 26.1 Å². The third kappa shape index (κ3) is 4.80. The molecule has 0 bridgehead atoms. The number of carboxylic acids is 1. The molecule has 1 aliphatic carbocycles. The Morgan fingerprint density at radius 1 is 1.03 bits per heavy atom. The molecule has 174 valence electrons. The minimum Gasteiger partial charge on any atom is -0.494 e. The van der Waals surface area contributed by atoms with Gasteiger partial charge in [-0.2, -0.15) is 0 Å². The highest BCUT2D eigenvalue weighted by Crippen LogP contribution is 2.38. The highest BCUT2D eigenvalue weighted by Gasteiger charge is 2.30. The van der Waals surface area contributed by atoms with E-state index < -0.39 is 11.9 Å². The second-order valence-electron chi connectivity index (χ2n) is 7.73. The fourth-order valence-corrected chi connectivity index (χ4v) is 3.43. The van der Waals surface area contributed by atoms with E-state index in [1.807, 2.05) is 6.07 Å². The minimum absolute atomic E-state index is 0.0129. The summed E-state index contributed by atoms with van der Waals surface area (Å²) in [5.74, 6) is -0.890. The fraction of sp³-hybridized carbons (Fsp3) is 0.208. The van der Waals surface area contributed by atoms with Gasteiger partial charge in [0, 0.05) is 24.6 Å². The van der Waals surface area contributed by atoms with Crippen LogP contribution in [0.5, 0.6) is 5.75 Å². The molecule has 10 heteroatoms. The number of aromatic carboxylic acids is 1. The molecule has 1 aliphatic rings. The summed E-state index contributed by atoms with van der Waals surface area (Å²) in [7, 11) is 3.00. The van der Waals surface area contributed by atoms with Crippen molar-refractivity contribution in [3.8, 4) is 16.9 Å². The first-order valence-electron chi connectivity index (χ1n) is 10.6. The Labute approximate surface area is 195 Å². The maximum atomic E-state index is 12.4. The Kier molecular flexibility index (Phi) is 6.39. The average molecular weight is 461 g/mol. The van der Waals surface area contributed by atoms with E-state index in [-0.39, 0.29) is 28.9 Å². The lowest BCUT2D eigenvalue weighted by molar-refractivity contribution is -0.117. The fourth-order valence-electron chi connectivity index (χ4n) is 3.43. The summed E-state index contributed by atoms with van der Waals surface area (Å²) < 4.78 is 5.66. The number of rotatable bonds is 8. The van der Waals surface area contributed by atoms with Crippen molar-refractivity contribution < 1.29 is 24.2 Å². The average Bonchev–Trinajstić information content (AvgIpc) is 3.69. The zero-order chi connectivity index (χ0) is 24.2. The van der Waals surface area contributed by atoms with Crippen molar-refractivity contribution in [3.63, 3.8) is 0 Å². The van der Waals surface area contributed by atoms with E-state index in [9.17, 15) is 14.4 Å². The van der Waals surface area contributed by atoms with Gasteiger partial charge in [-0.15, -0.1) is 10.2 Å². The number of ether oxygens (including phenoxy) is 1. The number of amides is 2. The zero-order valence-electron chi connectivity index (χ0n) is 18.6. The Morgan fingerprint density at radius 2 is 1.76 bits per heavy atom. The number of carboxylic acid groups (broad SMARTS) is 1. The van der Waals surface area contributed by atoms with Gasteiger partial charge in [-0.1, -0.05) is 24.3 Å². The van der Waals surface area contributed by atoms with Gasteiger partial charge in [0.05, 0.1) is 24.0 Å². The SMILES string of the molecule is CNC(=O)c1nnc(NC(=O)C2CC2)cc1Nc1cccc(-c2ccc(C(=O)O)cc2)c1OC. The molecule has 10 nitrogen and oxygen atoms in total. The molecular weight excluding hydrogens is 438 g/mol. The van der Waals surface area contributed by atoms with Crippen LogP contribution in [-0.4, -0.2) is 47.2 Å². The number of methoxy groups -OCH3 is 1. The van der Waals surface area contributed by atoms with Crippen molar-refractivity contribution in [2.75, 3.05) is 24.8 Å². The standard InChI is InChI=1S/C24H23N5O5/c1-25-23(31)20-18(12-19(28-29-20)27-22(30)14-8-9-14)26-17-5-3-4-16(21(17)34-2)13-6-10-15(11-7-13)24(32)33/h3-7,10-12,14H,8-9H2,1-2H3,(H,25,31)(H,32,33)(H2,26,27,28,30). The molecule has 0 aliphatic heterocycles. The van der Waals surface area contributed by atoms with E-state index >= 15 is 0 Å². The largest absolute Gasteiger partial charge is 0.494 e. The van der Waals surface area contributed by atoms with Crippen LogP contribution in [0.4, 0.5) is 17.2 Å². The summed E-state index contributed by atoms with van der Waals surface area (Å²) in [6.45, 7) is 0. The quantitative estimate of drug-likeness (QED) is 0.400. The van der Waals surface area contributed by atoms with Crippen LogP contribution < -0.4 is 20.7 Å². The number of anilines is 3. The number of para-hydroxylation sites is 1. The topological polar surface area (TPSA) is 143 Å². The molecule has 0 atom stereocenters. The monoisotopic (exact) mass is 461 g/mol. The molecule has 0 saturated heterocycles. The highest BCUT2D eigenvalue weighted by molar-refractivity contribution is 6.00. The second kappa shape index (κ2) is 9.57. The maximum absolute atomic E-state index is 12.4. The normalized spacial score (nSPS) is 12.5. The first-order valence-corrected chi connectivity index (χ1v) is 10.6. The molecule has 0 spiro atoms. The smallest absolute Gasteiger partial charge is 0.335 e. The van der Waals surface area contributed by atoms with Crippen LogP contribution in [0.2, 0.25) is 0 Å². The molecule has 4 rings (SSSR count). The summed E-state index contributed by atoms with van der Waals surface area (Å²) >= 11 is 0. The Morgan fingerprint density at radius 3 is 2.38 bits per heavy atom. The van der Waals surface area contributed by atoms with E-state index in [1.54, 1.807) is 30.3 Å². The van der Waals surface area contributed by atoms with Gasteiger partial charge in [-0.25, -0.2) is 4.79 Å². The third-order valence-electron chi connectivity index (χ3n) is 5.37. The lowest BCUT2D eigenvalue weighted by Gasteiger charge is -2.17. The van der Waals surface area contributed by atoms with Gasteiger partial charge >= 0.3 is 5.97 Å². The molecule has 34 heavy (non-hydrogen) atoms. The molecule has 0 radical (unpaired) electrons. The van der Waals surface area contributed by atoms with Gasteiger partial charge in [0.15, 0.2) is 11.5 Å². The molecule has 2 aromatic carbocycles. The summed E-state index contributed by atoms with van der Waals surface area (Å²) in [5.41, 5.74) is 2.57. The van der Waals surface area contributed by atoms with Crippen molar-refractivity contribution in [3.05, 3.63) is 59.8 Å². The van der Waals surface area contributed by atoms with Crippen LogP contribution in [0.3, 0.4) is 0 Å². The van der Waals surface area contributed by atoms with Gasteiger partial charge in [0.2, 0.25) is 5.91 Å². The molecule has 1 heterocycles. The van der Waals surface area contributed by atoms with E-state index in [0.29, 0.717) is 17.1 Å². The van der Waals surface area contributed by atoms with Crippen molar-refractivity contribution in [1.29, 1.82) is 0 Å². The number of carbonyl (C=O) groups is 3. The molecular formula is C24H23N5O5. The number of benzene rings is 2. The zero-order valence-corrected chi connectivity index (χ0v) is 18.6. The summed E-state index contributed by atoms with van der Waals surface area (Å²) in [6, 6.07) is 13.4. The molecule has 1 fully saturated rings. The molecule has 4 N–H and O–H groups in total. The molecule has 2 amide bonds. The van der Waals surface area contributed by atoms with Gasteiger partial charge in [0.1, 0.15) is 5.75 Å². The first kappa shape index (κ1) is 22.7. The minimum atomic E-state index is -1.01. The van der Waals surface area contributed by atoms with Crippen molar-refractivity contribution in [2.24, 2.45) is 5.92 Å². The van der Waals surface area contributed by atoms with Gasteiger partial charge in [-0.05, 0) is 36.6 Å². The first-order chi connectivity index (χ1) is 16.4. The van der Waals surface area contributed by atoms with Crippen LogP contribution in [0, 0.1) is 5.92 Å². The van der Waals surface area contributed by atoms with Crippen LogP contribution in [0.1, 0.15) is 33.7 Å². The van der Waals surface area contributed by atoms with Gasteiger partial charge in [-0.3, -0.25) is 9.59 Å². The van der Waals surface area contributed by atoms with E-state index in [1.165, 1.54) is 26.3 Å². The summed E-state index contributed by atoms with van der Waals surface area (Å²) in [6.07, 6.45) is 1.69. The van der Waals surface area contributed by atoms with Crippen LogP contribution >= 0.6 is 0 Å². The van der Waals surface area contributed by atoms with Crippen LogP contribution in [-0.2, 0) is 4.79 Å². The van der Waals surface area contributed by atoms with Gasteiger partial charge < -0.3 is 25.8 Å². The van der Waals surface area contributed by atoms with Crippen LogP contribution in [0.25, 0.3) is 11.1 Å². The number of nitrogens with zero attached hydrogens (tertiary/aromatic N) is 2. The van der Waals surface area contributed by atoms with Gasteiger partial charge in [0.25, 0.3) is 5.91 Å². The lowest BCUT2D eigenvalue weighted by Crippen LogP contribution is -2.22. The molecule has 1 saturated carbocycles. The van der Waals surface area contributed by atoms with E-state index in [4.69, 9.17) is 9.84 Å². The van der Waals surface area contributed by atoms with Crippen molar-refractivity contribution in [2.45, 2.75) is 12.8 Å². The van der Waals surface area contributed by atoms with Crippen LogP contribution in [0.15, 0.2) is 48.5 Å². The number of hydrogen-bond acceptors (Lipinski definition) is 7. The Balaban J connectivity index is 1.70. The van der Waals surface area contributed by atoms with Crippen molar-refractivity contribution in [1.82, 2.24) is 15.5 Å². The lowest BCUT2D eigenvalue weighted by atomic mass is 10.0. The maximum Gasteiger partial charge on any atom is 0.335 e. The Hall–Kier alpha value is -4.47. The second-order valence-corrected chi connectivity index (χ2v) is 7.73. The Bertz CT molecular complexity index is 1260. The van der Waals surface area contributed by atoms with Crippen molar-refractivity contribution >= 4 is 35.0 Å². The number of aromatic nitrogens is 2. The predicted molar refractivity (Wildman–Crippen MR) is 125 cm³/mol. The number of nitrogens with one attached hydrogen (secondary N) is 3. The number of hydrogen-bond donors (Lipinski definition) is 4. The highest BCUT2D eigenvalue weighted by atomic mass is 16.5. The number of carbonyl (C=O) groups excluding carboxylic acids is 2. The molecule has 3 aromatic rings. The summed E-state index contributed by atoms with van der Waals surface area (Å²) in [5, 5.41) is 25.6. The predicted octanol–water partition coefficient (Wildman–Crippen LogP) is 3.30. The van der Waals surface area contributed by atoms with E-state index in [0.717, 1.165) is 24.0 Å². The molecule has 0 unspecified atom stereocenters.